The summed E-state index contributed by atoms with van der Waals surface area (Å²) in [6.45, 7) is 2.32. The first-order chi connectivity index (χ1) is 14.4. The minimum Gasteiger partial charge on any atom is -0.368 e. The van der Waals surface area contributed by atoms with Crippen LogP contribution in [-0.2, 0) is 24.1 Å². The summed E-state index contributed by atoms with van der Waals surface area (Å²) in [4.78, 5) is 5.71. The standard InChI is InChI=1S/C20H17F3IN5O/c21-20(22,23)18-6-5-12(7-25-18)8-28-9-15-17(10-28)30-11-16-19(26-27-29(15)16)13-3-1-2-4-14(13)24/h1-7,15,17H,8-11H2/t15-,17-/m1/s1. The average molecular weight is 527 g/mol. The molecule has 0 aliphatic carbocycles. The number of aromatic nitrogens is 4. The molecule has 0 saturated carbocycles. The van der Waals surface area contributed by atoms with Crippen molar-refractivity contribution in [3.05, 3.63) is 63.1 Å². The van der Waals surface area contributed by atoms with Gasteiger partial charge in [0.1, 0.15) is 11.4 Å². The number of ether oxygens (including phenoxy) is 1. The highest BCUT2D eigenvalue weighted by Gasteiger charge is 2.41. The second-order valence-corrected chi connectivity index (χ2v) is 8.63. The Kier molecular flexibility index (Phi) is 5.02. The molecule has 2 aliphatic rings. The van der Waals surface area contributed by atoms with Crippen molar-refractivity contribution >= 4 is 22.6 Å². The van der Waals surface area contributed by atoms with Crippen LogP contribution in [0.3, 0.4) is 0 Å². The number of likely N-dealkylation sites (tertiary alicyclic amines) is 1. The van der Waals surface area contributed by atoms with Gasteiger partial charge in [0.05, 0.1) is 24.4 Å². The van der Waals surface area contributed by atoms with Crippen LogP contribution in [0, 0.1) is 3.57 Å². The first-order valence-corrected chi connectivity index (χ1v) is 10.5. The van der Waals surface area contributed by atoms with Gasteiger partial charge >= 0.3 is 6.18 Å². The van der Waals surface area contributed by atoms with Crippen LogP contribution in [0.4, 0.5) is 13.2 Å². The molecule has 1 fully saturated rings. The van der Waals surface area contributed by atoms with E-state index in [9.17, 15) is 13.2 Å². The van der Waals surface area contributed by atoms with Crippen LogP contribution in [0.5, 0.6) is 0 Å². The van der Waals surface area contributed by atoms with Gasteiger partial charge in [-0.05, 0) is 40.3 Å². The lowest BCUT2D eigenvalue weighted by Gasteiger charge is -2.26. The van der Waals surface area contributed by atoms with E-state index in [1.807, 2.05) is 28.9 Å². The molecule has 0 spiro atoms. The number of halogens is 4. The van der Waals surface area contributed by atoms with Crippen molar-refractivity contribution in [3.63, 3.8) is 0 Å². The van der Waals surface area contributed by atoms with E-state index in [1.165, 1.54) is 12.3 Å². The lowest BCUT2D eigenvalue weighted by Crippen LogP contribution is -2.32. The highest BCUT2D eigenvalue weighted by molar-refractivity contribution is 14.1. The summed E-state index contributed by atoms with van der Waals surface area (Å²) < 4.78 is 47.3. The summed E-state index contributed by atoms with van der Waals surface area (Å²) in [7, 11) is 0. The molecule has 2 aromatic heterocycles. The topological polar surface area (TPSA) is 56.1 Å². The molecule has 10 heteroatoms. The van der Waals surface area contributed by atoms with Gasteiger partial charge < -0.3 is 4.74 Å². The molecule has 0 amide bonds. The summed E-state index contributed by atoms with van der Waals surface area (Å²) >= 11 is 2.29. The fraction of sp³-hybridized carbons (Fsp3) is 0.350. The molecule has 0 bridgehead atoms. The molecule has 1 aromatic carbocycles. The minimum atomic E-state index is -4.42. The van der Waals surface area contributed by atoms with Gasteiger partial charge in [-0.3, -0.25) is 9.88 Å². The Labute approximate surface area is 184 Å². The number of alkyl halides is 3. The Morgan fingerprint density at radius 1 is 1.13 bits per heavy atom. The Morgan fingerprint density at radius 3 is 2.70 bits per heavy atom. The Bertz CT molecular complexity index is 1070. The van der Waals surface area contributed by atoms with Crippen molar-refractivity contribution in [2.45, 2.75) is 31.5 Å². The first-order valence-electron chi connectivity index (χ1n) is 9.45. The number of nitrogens with zero attached hydrogens (tertiary/aromatic N) is 5. The fourth-order valence-electron chi connectivity index (χ4n) is 4.07. The zero-order valence-corrected chi connectivity index (χ0v) is 17.8. The molecule has 0 N–H and O–H groups in total. The molecule has 2 atom stereocenters. The summed E-state index contributed by atoms with van der Waals surface area (Å²) in [6.07, 6.45) is -3.15. The van der Waals surface area contributed by atoms with Crippen molar-refractivity contribution in [3.8, 4) is 11.3 Å². The van der Waals surface area contributed by atoms with Crippen LogP contribution in [0.15, 0.2) is 42.6 Å². The quantitative estimate of drug-likeness (QED) is 0.484. The van der Waals surface area contributed by atoms with Gasteiger partial charge in [0, 0.05) is 35.0 Å². The number of rotatable bonds is 3. The number of hydrogen-bond acceptors (Lipinski definition) is 5. The predicted octanol–water partition coefficient (Wildman–Crippen LogP) is 3.92. The Balaban J connectivity index is 1.34. The van der Waals surface area contributed by atoms with E-state index in [0.717, 1.165) is 32.2 Å². The Morgan fingerprint density at radius 2 is 1.97 bits per heavy atom. The molecular weight excluding hydrogens is 510 g/mol. The number of benzene rings is 1. The van der Waals surface area contributed by atoms with Crippen molar-refractivity contribution in [2.75, 3.05) is 13.1 Å². The summed E-state index contributed by atoms with van der Waals surface area (Å²) in [5.41, 5.74) is 2.69. The van der Waals surface area contributed by atoms with Crippen LogP contribution >= 0.6 is 22.6 Å². The SMILES string of the molecule is FC(F)(F)c1ccc(CN2C[C@@H]3[C@@H](C2)OCc2c(-c4ccccc4I)nnn23)cn1. The van der Waals surface area contributed by atoms with E-state index < -0.39 is 11.9 Å². The van der Waals surface area contributed by atoms with E-state index in [2.05, 4.69) is 42.8 Å². The second kappa shape index (κ2) is 7.57. The van der Waals surface area contributed by atoms with Crippen molar-refractivity contribution < 1.29 is 17.9 Å². The fourth-order valence-corrected chi connectivity index (χ4v) is 4.71. The van der Waals surface area contributed by atoms with Gasteiger partial charge in [0.25, 0.3) is 0 Å². The van der Waals surface area contributed by atoms with Crippen molar-refractivity contribution in [2.24, 2.45) is 0 Å². The Hall–Kier alpha value is -2.05. The first kappa shape index (κ1) is 19.9. The van der Waals surface area contributed by atoms with Gasteiger partial charge in [-0.1, -0.05) is 29.5 Å². The van der Waals surface area contributed by atoms with Crippen molar-refractivity contribution in [1.29, 1.82) is 0 Å². The van der Waals surface area contributed by atoms with Gasteiger partial charge in [-0.2, -0.15) is 13.2 Å². The highest BCUT2D eigenvalue weighted by atomic mass is 127. The van der Waals surface area contributed by atoms with Crippen LogP contribution in [0.25, 0.3) is 11.3 Å². The molecule has 6 nitrogen and oxygen atoms in total. The monoisotopic (exact) mass is 527 g/mol. The largest absolute Gasteiger partial charge is 0.433 e. The van der Waals surface area contributed by atoms with Crippen molar-refractivity contribution in [1.82, 2.24) is 24.9 Å². The maximum atomic E-state index is 12.7. The molecule has 156 valence electrons. The third kappa shape index (κ3) is 3.60. The van der Waals surface area contributed by atoms with E-state index >= 15 is 0 Å². The molecule has 5 rings (SSSR count). The third-order valence-corrected chi connectivity index (χ3v) is 6.44. The molecule has 2 aliphatic heterocycles. The van der Waals surface area contributed by atoms with Crippen LogP contribution in [0.2, 0.25) is 0 Å². The summed E-state index contributed by atoms with van der Waals surface area (Å²) in [5.74, 6) is 0. The number of hydrogen-bond donors (Lipinski definition) is 0. The molecule has 1 saturated heterocycles. The average Bonchev–Trinajstić information content (AvgIpc) is 3.31. The van der Waals surface area contributed by atoms with E-state index in [-0.39, 0.29) is 12.1 Å². The van der Waals surface area contributed by atoms with E-state index in [4.69, 9.17) is 4.74 Å². The lowest BCUT2D eigenvalue weighted by molar-refractivity contribution is -0.141. The highest BCUT2D eigenvalue weighted by Crippen LogP contribution is 2.36. The predicted molar refractivity (Wildman–Crippen MR) is 110 cm³/mol. The smallest absolute Gasteiger partial charge is 0.368 e. The van der Waals surface area contributed by atoms with Crippen LogP contribution < -0.4 is 0 Å². The van der Waals surface area contributed by atoms with Gasteiger partial charge in [0.15, 0.2) is 0 Å². The number of fused-ring (bicyclic) bond motifs is 3. The lowest BCUT2D eigenvalue weighted by atomic mass is 10.1. The molecule has 3 aromatic rings. The maximum absolute atomic E-state index is 12.7. The van der Waals surface area contributed by atoms with Crippen LogP contribution in [0.1, 0.15) is 23.0 Å². The van der Waals surface area contributed by atoms with Gasteiger partial charge in [-0.15, -0.1) is 5.10 Å². The normalized spacial score (nSPS) is 21.5. The zero-order valence-electron chi connectivity index (χ0n) is 15.7. The number of pyridine rings is 1. The third-order valence-electron chi connectivity index (χ3n) is 5.50. The summed E-state index contributed by atoms with van der Waals surface area (Å²) in [5, 5.41) is 8.84. The zero-order chi connectivity index (χ0) is 20.9. The van der Waals surface area contributed by atoms with E-state index in [0.29, 0.717) is 26.2 Å². The molecule has 4 heterocycles. The maximum Gasteiger partial charge on any atom is 0.433 e. The molecular formula is C20H17F3IN5O. The summed E-state index contributed by atoms with van der Waals surface area (Å²) in [6, 6.07) is 10.6. The molecule has 30 heavy (non-hydrogen) atoms. The van der Waals surface area contributed by atoms with E-state index in [1.54, 1.807) is 0 Å². The molecule has 0 radical (unpaired) electrons. The second-order valence-electron chi connectivity index (χ2n) is 7.47. The van der Waals surface area contributed by atoms with Crippen LogP contribution in [-0.4, -0.2) is 44.1 Å². The molecule has 0 unspecified atom stereocenters. The van der Waals surface area contributed by atoms with Gasteiger partial charge in [-0.25, -0.2) is 4.68 Å². The minimum absolute atomic E-state index is 0.0238. The van der Waals surface area contributed by atoms with Gasteiger partial charge in [0.2, 0.25) is 0 Å².